The fourth-order valence-corrected chi connectivity index (χ4v) is 3.22. The second kappa shape index (κ2) is 6.37. The summed E-state index contributed by atoms with van der Waals surface area (Å²) in [5, 5.41) is 9.19. The van der Waals surface area contributed by atoms with E-state index in [-0.39, 0.29) is 5.91 Å². The Balaban J connectivity index is 1.83. The van der Waals surface area contributed by atoms with E-state index in [2.05, 4.69) is 6.92 Å². The molecule has 19 heavy (non-hydrogen) atoms. The van der Waals surface area contributed by atoms with Gasteiger partial charge >= 0.3 is 5.97 Å². The van der Waals surface area contributed by atoms with Crippen molar-refractivity contribution in [2.75, 3.05) is 19.6 Å². The Bertz CT molecular complexity index is 346. The topological polar surface area (TPSA) is 60.9 Å². The summed E-state index contributed by atoms with van der Waals surface area (Å²) >= 11 is 0. The highest BCUT2D eigenvalue weighted by atomic mass is 16.4. The summed E-state index contributed by atoms with van der Waals surface area (Å²) in [5.74, 6) is -0.568. The van der Waals surface area contributed by atoms with Crippen molar-refractivity contribution in [2.24, 2.45) is 0 Å². The first-order valence-corrected chi connectivity index (χ1v) is 7.36. The van der Waals surface area contributed by atoms with E-state index in [9.17, 15) is 14.7 Å². The lowest BCUT2D eigenvalue weighted by atomic mass is 10.0. The second-order valence-electron chi connectivity index (χ2n) is 5.71. The minimum atomic E-state index is -0.748. The average Bonchev–Trinajstić information content (AvgIpc) is 2.82. The van der Waals surface area contributed by atoms with Crippen LogP contribution < -0.4 is 0 Å². The summed E-state index contributed by atoms with van der Waals surface area (Å²) in [6.45, 7) is 4.34. The summed E-state index contributed by atoms with van der Waals surface area (Å²) in [7, 11) is 0. The number of carboxylic acids is 1. The molecule has 0 aliphatic carbocycles. The van der Waals surface area contributed by atoms with Crippen LogP contribution in [0.15, 0.2) is 0 Å². The maximum atomic E-state index is 12.1. The number of hydrogen-bond acceptors (Lipinski definition) is 3. The quantitative estimate of drug-likeness (QED) is 0.835. The fourth-order valence-electron chi connectivity index (χ4n) is 3.22. The van der Waals surface area contributed by atoms with Crippen LogP contribution in [-0.2, 0) is 9.59 Å². The first-order chi connectivity index (χ1) is 9.09. The molecule has 0 saturated carbocycles. The maximum absolute atomic E-state index is 12.1. The number of amides is 1. The summed E-state index contributed by atoms with van der Waals surface area (Å²) in [6.07, 6.45) is 5.36. The molecule has 1 amide bonds. The Morgan fingerprint density at radius 3 is 2.58 bits per heavy atom. The van der Waals surface area contributed by atoms with Crippen LogP contribution >= 0.6 is 0 Å². The van der Waals surface area contributed by atoms with Gasteiger partial charge in [0.1, 0.15) is 6.04 Å². The van der Waals surface area contributed by atoms with Crippen molar-refractivity contribution >= 4 is 11.9 Å². The van der Waals surface area contributed by atoms with Gasteiger partial charge in [0.2, 0.25) is 5.91 Å². The lowest BCUT2D eigenvalue weighted by Crippen LogP contribution is -2.46. The van der Waals surface area contributed by atoms with Crippen molar-refractivity contribution in [1.29, 1.82) is 0 Å². The van der Waals surface area contributed by atoms with Gasteiger partial charge in [-0.1, -0.05) is 6.42 Å². The van der Waals surface area contributed by atoms with Crippen molar-refractivity contribution in [2.45, 2.75) is 57.5 Å². The van der Waals surface area contributed by atoms with Crippen LogP contribution in [0.25, 0.3) is 0 Å². The third kappa shape index (κ3) is 3.47. The van der Waals surface area contributed by atoms with E-state index in [1.54, 1.807) is 0 Å². The predicted octanol–water partition coefficient (Wildman–Crippen LogP) is 1.33. The first-order valence-electron chi connectivity index (χ1n) is 7.36. The zero-order valence-electron chi connectivity index (χ0n) is 11.7. The van der Waals surface area contributed by atoms with Crippen molar-refractivity contribution in [3.63, 3.8) is 0 Å². The number of piperidine rings is 1. The molecular weight excluding hydrogens is 244 g/mol. The predicted molar refractivity (Wildman–Crippen MR) is 71.9 cm³/mol. The molecular formula is C14H24N2O3. The smallest absolute Gasteiger partial charge is 0.320 e. The fraction of sp³-hybridized carbons (Fsp3) is 0.857. The van der Waals surface area contributed by atoms with Crippen LogP contribution in [-0.4, -0.2) is 58.5 Å². The van der Waals surface area contributed by atoms with Crippen LogP contribution in [0.3, 0.4) is 0 Å². The molecule has 0 aromatic heterocycles. The van der Waals surface area contributed by atoms with Gasteiger partial charge < -0.3 is 10.0 Å². The van der Waals surface area contributed by atoms with Crippen LogP contribution in [0.5, 0.6) is 0 Å². The van der Waals surface area contributed by atoms with E-state index in [0.29, 0.717) is 25.4 Å². The van der Waals surface area contributed by atoms with E-state index < -0.39 is 12.0 Å². The first kappa shape index (κ1) is 14.3. The SMILES string of the molecule is CC1CCCN1C(=O)CCN1CCCCC1C(=O)O. The highest BCUT2D eigenvalue weighted by Gasteiger charge is 2.30. The van der Waals surface area contributed by atoms with Gasteiger partial charge in [-0.25, -0.2) is 0 Å². The lowest BCUT2D eigenvalue weighted by molar-refractivity contribution is -0.145. The molecule has 0 aromatic rings. The molecule has 108 valence electrons. The number of carboxylic acid groups (broad SMARTS) is 1. The van der Waals surface area contributed by atoms with Gasteiger partial charge in [-0.3, -0.25) is 14.5 Å². The molecule has 2 aliphatic rings. The average molecular weight is 268 g/mol. The van der Waals surface area contributed by atoms with Gasteiger partial charge in [-0.15, -0.1) is 0 Å². The van der Waals surface area contributed by atoms with Crippen LogP contribution in [0.4, 0.5) is 0 Å². The van der Waals surface area contributed by atoms with E-state index in [4.69, 9.17) is 0 Å². The number of carbonyl (C=O) groups excluding carboxylic acids is 1. The molecule has 2 aliphatic heterocycles. The highest BCUT2D eigenvalue weighted by Crippen LogP contribution is 2.20. The summed E-state index contributed by atoms with van der Waals surface area (Å²) in [5.41, 5.74) is 0. The minimum absolute atomic E-state index is 0.180. The third-order valence-electron chi connectivity index (χ3n) is 4.38. The van der Waals surface area contributed by atoms with Crippen molar-refractivity contribution < 1.29 is 14.7 Å². The lowest BCUT2D eigenvalue weighted by Gasteiger charge is -2.33. The van der Waals surface area contributed by atoms with Gasteiger partial charge in [0.05, 0.1) is 0 Å². The number of aliphatic carboxylic acids is 1. The molecule has 0 bridgehead atoms. The van der Waals surface area contributed by atoms with E-state index >= 15 is 0 Å². The molecule has 1 N–H and O–H groups in total. The Labute approximate surface area is 114 Å². The molecule has 5 heteroatoms. The molecule has 2 unspecified atom stereocenters. The number of hydrogen-bond donors (Lipinski definition) is 1. The van der Waals surface area contributed by atoms with Crippen molar-refractivity contribution in [3.05, 3.63) is 0 Å². The Morgan fingerprint density at radius 1 is 1.16 bits per heavy atom. The molecule has 0 spiro atoms. The van der Waals surface area contributed by atoms with Crippen LogP contribution in [0.2, 0.25) is 0 Å². The summed E-state index contributed by atoms with van der Waals surface area (Å²) < 4.78 is 0. The third-order valence-corrected chi connectivity index (χ3v) is 4.38. The largest absolute Gasteiger partial charge is 0.480 e. The molecule has 2 heterocycles. The Morgan fingerprint density at radius 2 is 1.95 bits per heavy atom. The number of rotatable bonds is 4. The van der Waals surface area contributed by atoms with Gasteiger partial charge in [-0.05, 0) is 39.2 Å². The zero-order valence-corrected chi connectivity index (χ0v) is 11.7. The summed E-state index contributed by atoms with van der Waals surface area (Å²) in [6, 6.07) is -0.0401. The van der Waals surface area contributed by atoms with E-state index in [1.807, 2.05) is 9.80 Å². The molecule has 2 fully saturated rings. The molecule has 0 aromatic carbocycles. The molecule has 2 saturated heterocycles. The number of nitrogens with zero attached hydrogens (tertiary/aromatic N) is 2. The normalized spacial score (nSPS) is 28.6. The Kier molecular flexibility index (Phi) is 4.80. The second-order valence-corrected chi connectivity index (χ2v) is 5.71. The molecule has 5 nitrogen and oxygen atoms in total. The standard InChI is InChI=1S/C14H24N2O3/c1-11-5-4-9-16(11)13(17)7-10-15-8-3-2-6-12(15)14(18)19/h11-12H,2-10H2,1H3,(H,18,19). The molecule has 0 radical (unpaired) electrons. The minimum Gasteiger partial charge on any atom is -0.480 e. The van der Waals surface area contributed by atoms with Crippen LogP contribution in [0, 0.1) is 0 Å². The Hall–Kier alpha value is -1.10. The number of likely N-dealkylation sites (tertiary alicyclic amines) is 2. The highest BCUT2D eigenvalue weighted by molar-refractivity contribution is 5.77. The van der Waals surface area contributed by atoms with Crippen LogP contribution in [0.1, 0.15) is 45.4 Å². The van der Waals surface area contributed by atoms with Gasteiger partial charge in [0.25, 0.3) is 0 Å². The van der Waals surface area contributed by atoms with Crippen molar-refractivity contribution in [3.8, 4) is 0 Å². The van der Waals surface area contributed by atoms with Crippen molar-refractivity contribution in [1.82, 2.24) is 9.80 Å². The maximum Gasteiger partial charge on any atom is 0.320 e. The molecule has 2 rings (SSSR count). The van der Waals surface area contributed by atoms with E-state index in [1.165, 1.54) is 0 Å². The molecule has 2 atom stereocenters. The van der Waals surface area contributed by atoms with Gasteiger partial charge in [0, 0.05) is 25.6 Å². The summed E-state index contributed by atoms with van der Waals surface area (Å²) in [4.78, 5) is 27.2. The zero-order chi connectivity index (χ0) is 13.8. The van der Waals surface area contributed by atoms with Gasteiger partial charge in [0.15, 0.2) is 0 Å². The monoisotopic (exact) mass is 268 g/mol. The van der Waals surface area contributed by atoms with Gasteiger partial charge in [-0.2, -0.15) is 0 Å². The number of carbonyl (C=O) groups is 2. The van der Waals surface area contributed by atoms with E-state index in [0.717, 1.165) is 38.8 Å².